The van der Waals surface area contributed by atoms with E-state index in [1.165, 1.54) is 17.4 Å². The fourth-order valence-electron chi connectivity index (χ4n) is 1.49. The second kappa shape index (κ2) is 5.10. The molecule has 1 N–H and O–H groups in total. The van der Waals surface area contributed by atoms with Crippen molar-refractivity contribution in [3.63, 3.8) is 0 Å². The summed E-state index contributed by atoms with van der Waals surface area (Å²) in [6, 6.07) is 6.61. The first-order valence-electron chi connectivity index (χ1n) is 5.22. The number of amides is 1. The maximum Gasteiger partial charge on any atom is 0.252 e. The zero-order chi connectivity index (χ0) is 12.3. The molecule has 0 unspecified atom stereocenters. The number of halogens is 1. The normalized spacial score (nSPS) is 10.2. The molecule has 0 fully saturated rings. The van der Waals surface area contributed by atoms with Crippen LogP contribution in [0.4, 0.5) is 4.39 Å². The van der Waals surface area contributed by atoms with Gasteiger partial charge >= 0.3 is 0 Å². The number of benzene rings is 1. The highest BCUT2D eigenvalue weighted by Gasteiger charge is 2.05. The molecule has 0 radical (unpaired) electrons. The Morgan fingerprint density at radius 2 is 2.24 bits per heavy atom. The first-order valence-corrected chi connectivity index (χ1v) is 6.16. The van der Waals surface area contributed by atoms with Gasteiger partial charge in [-0.3, -0.25) is 4.79 Å². The maximum atomic E-state index is 13.0. The van der Waals surface area contributed by atoms with Crippen molar-refractivity contribution in [1.82, 2.24) is 5.32 Å². The largest absolute Gasteiger partial charge is 0.348 e. The summed E-state index contributed by atoms with van der Waals surface area (Å²) in [5, 5.41) is 6.45. The summed E-state index contributed by atoms with van der Waals surface area (Å²) in [6.07, 6.45) is 0. The van der Waals surface area contributed by atoms with E-state index in [1.54, 1.807) is 30.5 Å². The Balaban J connectivity index is 1.98. The maximum absolute atomic E-state index is 13.0. The van der Waals surface area contributed by atoms with Crippen molar-refractivity contribution in [2.24, 2.45) is 0 Å². The van der Waals surface area contributed by atoms with E-state index < -0.39 is 0 Å². The lowest BCUT2D eigenvalue weighted by Crippen LogP contribution is -2.22. The Morgan fingerprint density at radius 3 is 2.88 bits per heavy atom. The van der Waals surface area contributed by atoms with Crippen LogP contribution in [-0.2, 0) is 6.54 Å². The van der Waals surface area contributed by atoms with Crippen molar-refractivity contribution in [3.8, 4) is 0 Å². The first kappa shape index (κ1) is 11.8. The standard InChI is InChI=1S/C13H12FNOS/c1-9-6-10(2-3-12(9)14)7-15-13(16)11-4-5-17-8-11/h2-6,8H,7H2,1H3,(H,15,16). The third-order valence-corrected chi connectivity index (χ3v) is 3.14. The molecular weight excluding hydrogens is 237 g/mol. The van der Waals surface area contributed by atoms with E-state index in [1.807, 2.05) is 5.38 Å². The van der Waals surface area contributed by atoms with Gasteiger partial charge in [-0.15, -0.1) is 0 Å². The highest BCUT2D eigenvalue weighted by molar-refractivity contribution is 7.08. The number of hydrogen-bond acceptors (Lipinski definition) is 2. The van der Waals surface area contributed by atoms with Crippen molar-refractivity contribution in [3.05, 3.63) is 57.5 Å². The summed E-state index contributed by atoms with van der Waals surface area (Å²) < 4.78 is 13.0. The van der Waals surface area contributed by atoms with Crippen molar-refractivity contribution >= 4 is 17.2 Å². The molecule has 0 spiro atoms. The van der Waals surface area contributed by atoms with Crippen LogP contribution in [0, 0.1) is 12.7 Å². The minimum absolute atomic E-state index is 0.103. The Morgan fingerprint density at radius 1 is 1.41 bits per heavy atom. The fourth-order valence-corrected chi connectivity index (χ4v) is 2.13. The molecule has 0 aliphatic rings. The van der Waals surface area contributed by atoms with Crippen LogP contribution in [0.1, 0.15) is 21.5 Å². The zero-order valence-electron chi connectivity index (χ0n) is 9.37. The molecule has 2 rings (SSSR count). The lowest BCUT2D eigenvalue weighted by molar-refractivity contribution is 0.0951. The molecule has 0 atom stereocenters. The smallest absolute Gasteiger partial charge is 0.252 e. The van der Waals surface area contributed by atoms with Crippen LogP contribution in [0.3, 0.4) is 0 Å². The van der Waals surface area contributed by atoms with Gasteiger partial charge in [0.15, 0.2) is 0 Å². The number of thiophene rings is 1. The molecule has 1 heterocycles. The van der Waals surface area contributed by atoms with Crippen LogP contribution in [0.2, 0.25) is 0 Å². The van der Waals surface area contributed by atoms with Gasteiger partial charge in [0.25, 0.3) is 5.91 Å². The molecule has 1 amide bonds. The highest BCUT2D eigenvalue weighted by atomic mass is 32.1. The molecule has 0 aliphatic carbocycles. The summed E-state index contributed by atoms with van der Waals surface area (Å²) in [7, 11) is 0. The molecule has 1 aromatic heterocycles. The van der Waals surface area contributed by atoms with Gasteiger partial charge in [-0.25, -0.2) is 4.39 Å². The molecule has 88 valence electrons. The topological polar surface area (TPSA) is 29.1 Å². The van der Waals surface area contributed by atoms with E-state index in [0.29, 0.717) is 17.7 Å². The van der Waals surface area contributed by atoms with Gasteiger partial charge in [0.2, 0.25) is 0 Å². The van der Waals surface area contributed by atoms with Gasteiger partial charge in [-0.05, 0) is 35.6 Å². The van der Waals surface area contributed by atoms with E-state index in [2.05, 4.69) is 5.32 Å². The van der Waals surface area contributed by atoms with Crippen LogP contribution < -0.4 is 5.32 Å². The number of hydrogen-bond donors (Lipinski definition) is 1. The molecule has 17 heavy (non-hydrogen) atoms. The second-order valence-electron chi connectivity index (χ2n) is 3.78. The van der Waals surface area contributed by atoms with Crippen molar-refractivity contribution < 1.29 is 9.18 Å². The summed E-state index contributed by atoms with van der Waals surface area (Å²) in [4.78, 5) is 11.7. The number of aryl methyl sites for hydroxylation is 1. The highest BCUT2D eigenvalue weighted by Crippen LogP contribution is 2.10. The Hall–Kier alpha value is -1.68. The SMILES string of the molecule is Cc1cc(CNC(=O)c2ccsc2)ccc1F. The average molecular weight is 249 g/mol. The minimum Gasteiger partial charge on any atom is -0.348 e. The molecule has 2 nitrogen and oxygen atoms in total. The molecule has 0 aliphatic heterocycles. The van der Waals surface area contributed by atoms with Gasteiger partial charge in [0.05, 0.1) is 0 Å². The van der Waals surface area contributed by atoms with Gasteiger partial charge < -0.3 is 5.32 Å². The first-order chi connectivity index (χ1) is 8.16. The molecule has 4 heteroatoms. The third-order valence-electron chi connectivity index (χ3n) is 2.46. The van der Waals surface area contributed by atoms with Crippen molar-refractivity contribution in [1.29, 1.82) is 0 Å². The molecule has 0 saturated carbocycles. The minimum atomic E-state index is -0.224. The van der Waals surface area contributed by atoms with Crippen LogP contribution in [0.15, 0.2) is 35.0 Å². The Kier molecular flexibility index (Phi) is 3.54. The van der Waals surface area contributed by atoms with Crippen LogP contribution in [0.5, 0.6) is 0 Å². The van der Waals surface area contributed by atoms with E-state index in [0.717, 1.165) is 5.56 Å². The number of carbonyl (C=O) groups is 1. The number of carbonyl (C=O) groups excluding carboxylic acids is 1. The van der Waals surface area contributed by atoms with E-state index >= 15 is 0 Å². The van der Waals surface area contributed by atoms with Crippen molar-refractivity contribution in [2.75, 3.05) is 0 Å². The second-order valence-corrected chi connectivity index (χ2v) is 4.56. The molecule has 2 aromatic rings. The van der Waals surface area contributed by atoms with Crippen LogP contribution in [-0.4, -0.2) is 5.91 Å². The quantitative estimate of drug-likeness (QED) is 0.889. The van der Waals surface area contributed by atoms with Gasteiger partial charge in [-0.1, -0.05) is 12.1 Å². The van der Waals surface area contributed by atoms with Gasteiger partial charge in [-0.2, -0.15) is 11.3 Å². The van der Waals surface area contributed by atoms with E-state index in [4.69, 9.17) is 0 Å². The zero-order valence-corrected chi connectivity index (χ0v) is 10.2. The Labute approximate surface area is 103 Å². The summed E-state index contributed by atoms with van der Waals surface area (Å²) in [6.45, 7) is 2.12. The van der Waals surface area contributed by atoms with Gasteiger partial charge in [0.1, 0.15) is 5.82 Å². The lowest BCUT2D eigenvalue weighted by Gasteiger charge is -2.05. The monoisotopic (exact) mass is 249 g/mol. The van der Waals surface area contributed by atoms with Gasteiger partial charge in [0, 0.05) is 17.5 Å². The van der Waals surface area contributed by atoms with Crippen molar-refractivity contribution in [2.45, 2.75) is 13.5 Å². The van der Waals surface area contributed by atoms with E-state index in [-0.39, 0.29) is 11.7 Å². The molecular formula is C13H12FNOS. The lowest BCUT2D eigenvalue weighted by atomic mass is 10.1. The predicted octanol–water partition coefficient (Wildman–Crippen LogP) is 3.13. The predicted molar refractivity (Wildman–Crippen MR) is 66.6 cm³/mol. The van der Waals surface area contributed by atoms with E-state index in [9.17, 15) is 9.18 Å². The number of nitrogens with one attached hydrogen (secondary N) is 1. The number of rotatable bonds is 3. The molecule has 0 bridgehead atoms. The van der Waals surface area contributed by atoms with Crippen LogP contribution >= 0.6 is 11.3 Å². The summed E-state index contributed by atoms with van der Waals surface area (Å²) in [5.41, 5.74) is 2.15. The fraction of sp³-hybridized carbons (Fsp3) is 0.154. The third kappa shape index (κ3) is 2.91. The Bertz CT molecular complexity index is 522. The molecule has 0 saturated heterocycles. The average Bonchev–Trinajstić information content (AvgIpc) is 2.84. The summed E-state index contributed by atoms with van der Waals surface area (Å²) in [5.74, 6) is -0.328. The molecule has 1 aromatic carbocycles. The summed E-state index contributed by atoms with van der Waals surface area (Å²) >= 11 is 1.48. The van der Waals surface area contributed by atoms with Crippen LogP contribution in [0.25, 0.3) is 0 Å².